The smallest absolute Gasteiger partial charge is 0.337 e. The fraction of sp³-hybridized carbons (Fsp3) is 0.263. The van der Waals surface area contributed by atoms with E-state index in [1.807, 2.05) is 0 Å². The third-order valence-corrected chi connectivity index (χ3v) is 5.59. The molecule has 0 saturated carbocycles. The van der Waals surface area contributed by atoms with Gasteiger partial charge in [0.2, 0.25) is 0 Å². The van der Waals surface area contributed by atoms with Crippen molar-refractivity contribution in [3.8, 4) is 5.75 Å². The van der Waals surface area contributed by atoms with E-state index in [1.54, 1.807) is 31.2 Å². The molecule has 3 aromatic rings. The van der Waals surface area contributed by atoms with E-state index in [9.17, 15) is 19.2 Å². The molecule has 0 aliphatic carbocycles. The third-order valence-electron chi connectivity index (χ3n) is 4.37. The number of benzene rings is 1. The Kier molecular flexibility index (Phi) is 5.83. The summed E-state index contributed by atoms with van der Waals surface area (Å²) in [5, 5.41) is 0.294. The number of nitrogens with two attached hydrogens (primary N) is 1. The van der Waals surface area contributed by atoms with Crippen molar-refractivity contribution in [3.05, 3.63) is 61.1 Å². The largest absolute Gasteiger partial charge is 0.494 e. The molecule has 0 spiro atoms. The standard InChI is InChI=1S/C19H19N3O6S/c1-10-13-16(29-14(10)15(20)23)21-19(26)22(17(13)24)8-3-9-28-12-6-4-11(5-7-12)18(25)27-2/h4-7H,3,8-9H2,1-2H3,(H2,20,23)(H,21,26). The van der Waals surface area contributed by atoms with Crippen LogP contribution in [0.2, 0.25) is 0 Å². The van der Waals surface area contributed by atoms with Gasteiger partial charge in [0, 0.05) is 6.54 Å². The van der Waals surface area contributed by atoms with Gasteiger partial charge >= 0.3 is 11.7 Å². The zero-order chi connectivity index (χ0) is 21.1. The molecular formula is C19H19N3O6S. The Morgan fingerprint density at radius 1 is 1.21 bits per heavy atom. The topological polar surface area (TPSA) is 133 Å². The molecule has 9 nitrogen and oxygen atoms in total. The molecule has 152 valence electrons. The second kappa shape index (κ2) is 8.31. The van der Waals surface area contributed by atoms with Crippen LogP contribution in [0.5, 0.6) is 5.75 Å². The summed E-state index contributed by atoms with van der Waals surface area (Å²) in [5.41, 5.74) is 5.18. The van der Waals surface area contributed by atoms with Gasteiger partial charge in [-0.15, -0.1) is 11.3 Å². The molecule has 2 aromatic heterocycles. The molecule has 1 aromatic carbocycles. The number of nitrogens with one attached hydrogen (secondary N) is 1. The van der Waals surface area contributed by atoms with Crippen LogP contribution in [0.4, 0.5) is 0 Å². The van der Waals surface area contributed by atoms with Gasteiger partial charge in [-0.2, -0.15) is 0 Å². The molecule has 0 fully saturated rings. The Balaban J connectivity index is 1.70. The Labute approximate surface area is 168 Å². The highest BCUT2D eigenvalue weighted by Crippen LogP contribution is 2.25. The molecule has 3 rings (SSSR count). The van der Waals surface area contributed by atoms with Gasteiger partial charge in [-0.3, -0.25) is 19.1 Å². The van der Waals surface area contributed by atoms with Gasteiger partial charge in [-0.1, -0.05) is 0 Å². The highest BCUT2D eigenvalue weighted by Gasteiger charge is 2.18. The van der Waals surface area contributed by atoms with Gasteiger partial charge in [-0.25, -0.2) is 9.59 Å². The Bertz CT molecular complexity index is 1190. The highest BCUT2D eigenvalue weighted by molar-refractivity contribution is 7.20. The van der Waals surface area contributed by atoms with E-state index in [2.05, 4.69) is 9.72 Å². The number of carbonyl (C=O) groups excluding carboxylic acids is 2. The average Bonchev–Trinajstić information content (AvgIpc) is 3.03. The molecule has 0 atom stereocenters. The number of amides is 1. The molecule has 3 N–H and O–H groups in total. The van der Waals surface area contributed by atoms with Gasteiger partial charge in [0.05, 0.1) is 29.5 Å². The van der Waals surface area contributed by atoms with Crippen LogP contribution in [0.25, 0.3) is 10.2 Å². The maximum atomic E-state index is 12.7. The molecule has 0 unspecified atom stereocenters. The molecular weight excluding hydrogens is 398 g/mol. The van der Waals surface area contributed by atoms with Crippen molar-refractivity contribution in [1.29, 1.82) is 0 Å². The van der Waals surface area contributed by atoms with E-state index in [0.29, 0.717) is 33.5 Å². The summed E-state index contributed by atoms with van der Waals surface area (Å²) in [7, 11) is 1.31. The maximum absolute atomic E-state index is 12.7. The minimum Gasteiger partial charge on any atom is -0.494 e. The van der Waals surface area contributed by atoms with Crippen molar-refractivity contribution in [2.75, 3.05) is 13.7 Å². The number of ether oxygens (including phenoxy) is 2. The van der Waals surface area contributed by atoms with Crippen LogP contribution in [0, 0.1) is 6.92 Å². The van der Waals surface area contributed by atoms with E-state index in [0.717, 1.165) is 15.9 Å². The van der Waals surface area contributed by atoms with Crippen LogP contribution in [0.3, 0.4) is 0 Å². The number of esters is 1. The Morgan fingerprint density at radius 3 is 2.52 bits per heavy atom. The van der Waals surface area contributed by atoms with E-state index >= 15 is 0 Å². The first-order valence-corrected chi connectivity index (χ1v) is 9.52. The lowest BCUT2D eigenvalue weighted by atomic mass is 10.2. The van der Waals surface area contributed by atoms with Crippen LogP contribution < -0.4 is 21.7 Å². The summed E-state index contributed by atoms with van der Waals surface area (Å²) in [6.45, 7) is 2.03. The fourth-order valence-corrected chi connectivity index (χ4v) is 3.95. The van der Waals surface area contributed by atoms with Crippen LogP contribution in [0.15, 0.2) is 33.9 Å². The molecule has 10 heteroatoms. The summed E-state index contributed by atoms with van der Waals surface area (Å²) >= 11 is 0.998. The number of fused-ring (bicyclic) bond motifs is 1. The van der Waals surface area contributed by atoms with E-state index in [4.69, 9.17) is 10.5 Å². The van der Waals surface area contributed by atoms with Crippen LogP contribution in [-0.4, -0.2) is 35.1 Å². The zero-order valence-corrected chi connectivity index (χ0v) is 16.6. The molecule has 0 aliphatic rings. The number of aryl methyl sites for hydroxylation is 1. The monoisotopic (exact) mass is 417 g/mol. The first-order chi connectivity index (χ1) is 13.8. The number of carbonyl (C=O) groups is 2. The van der Waals surface area contributed by atoms with Crippen LogP contribution in [-0.2, 0) is 11.3 Å². The lowest BCUT2D eigenvalue weighted by Crippen LogP contribution is -2.35. The predicted molar refractivity (Wildman–Crippen MR) is 108 cm³/mol. The van der Waals surface area contributed by atoms with E-state index in [-0.39, 0.29) is 18.0 Å². The van der Waals surface area contributed by atoms with Crippen molar-refractivity contribution >= 4 is 33.4 Å². The number of H-pyrrole nitrogens is 1. The number of nitrogens with zero attached hydrogens (tertiary/aromatic N) is 1. The third kappa shape index (κ3) is 4.06. The first kappa shape index (κ1) is 20.3. The number of aromatic nitrogens is 2. The first-order valence-electron chi connectivity index (χ1n) is 8.70. The van der Waals surface area contributed by atoms with Gasteiger partial charge < -0.3 is 15.2 Å². The second-order valence-corrected chi connectivity index (χ2v) is 7.25. The zero-order valence-electron chi connectivity index (χ0n) is 15.8. The molecule has 0 aliphatic heterocycles. The van der Waals surface area contributed by atoms with Crippen molar-refractivity contribution in [1.82, 2.24) is 9.55 Å². The van der Waals surface area contributed by atoms with Gasteiger partial charge in [0.15, 0.2) is 0 Å². The number of aromatic amines is 1. The number of thiophene rings is 1. The second-order valence-electron chi connectivity index (χ2n) is 6.23. The summed E-state index contributed by atoms with van der Waals surface area (Å²) < 4.78 is 11.3. The number of hydrogen-bond acceptors (Lipinski definition) is 7. The Morgan fingerprint density at radius 2 is 1.90 bits per heavy atom. The summed E-state index contributed by atoms with van der Waals surface area (Å²) in [6, 6.07) is 6.44. The predicted octanol–water partition coefficient (Wildman–Crippen LogP) is 1.41. The SMILES string of the molecule is COC(=O)c1ccc(OCCCn2c(=O)[nH]c3sc(C(N)=O)c(C)c3c2=O)cc1. The molecule has 2 heterocycles. The number of primary amides is 1. The average molecular weight is 417 g/mol. The van der Waals surface area contributed by atoms with Crippen molar-refractivity contribution in [2.45, 2.75) is 19.9 Å². The van der Waals surface area contributed by atoms with Gasteiger partial charge in [0.1, 0.15) is 10.6 Å². The molecule has 0 bridgehead atoms. The minimum absolute atomic E-state index is 0.144. The van der Waals surface area contributed by atoms with Crippen LogP contribution >= 0.6 is 11.3 Å². The fourth-order valence-electron chi connectivity index (χ4n) is 2.91. The molecule has 0 radical (unpaired) electrons. The van der Waals surface area contributed by atoms with E-state index < -0.39 is 23.1 Å². The Hall–Kier alpha value is -3.40. The summed E-state index contributed by atoms with van der Waals surface area (Å²) in [6.07, 6.45) is 0.402. The normalized spacial score (nSPS) is 10.8. The summed E-state index contributed by atoms with van der Waals surface area (Å²) in [5.74, 6) is -0.523. The maximum Gasteiger partial charge on any atom is 0.337 e. The van der Waals surface area contributed by atoms with E-state index in [1.165, 1.54) is 7.11 Å². The van der Waals surface area contributed by atoms with Gasteiger partial charge in [0.25, 0.3) is 11.5 Å². The lowest BCUT2D eigenvalue weighted by Gasteiger charge is -2.08. The minimum atomic E-state index is -0.637. The highest BCUT2D eigenvalue weighted by atomic mass is 32.1. The molecule has 1 amide bonds. The van der Waals surface area contributed by atoms with Crippen molar-refractivity contribution in [3.63, 3.8) is 0 Å². The molecule has 29 heavy (non-hydrogen) atoms. The van der Waals surface area contributed by atoms with Crippen LogP contribution in [0.1, 0.15) is 32.0 Å². The molecule has 0 saturated heterocycles. The number of methoxy groups -OCH3 is 1. The number of hydrogen-bond donors (Lipinski definition) is 2. The van der Waals surface area contributed by atoms with Gasteiger partial charge in [-0.05, 0) is 43.2 Å². The lowest BCUT2D eigenvalue weighted by molar-refractivity contribution is 0.0600. The summed E-state index contributed by atoms with van der Waals surface area (Å²) in [4.78, 5) is 51.1. The van der Waals surface area contributed by atoms with Crippen molar-refractivity contribution < 1.29 is 19.1 Å². The quantitative estimate of drug-likeness (QED) is 0.441. The van der Waals surface area contributed by atoms with Crippen molar-refractivity contribution in [2.24, 2.45) is 5.73 Å². The number of rotatable bonds is 7.